The topological polar surface area (TPSA) is 60.9 Å². The number of hydrogen-bond acceptors (Lipinski definition) is 4. The molecule has 0 radical (unpaired) electrons. The third kappa shape index (κ3) is 2.79. The minimum atomic E-state index is -0.345. The van der Waals surface area contributed by atoms with Crippen LogP contribution in [0.3, 0.4) is 0 Å². The van der Waals surface area contributed by atoms with Crippen LogP contribution in [0.15, 0.2) is 18.2 Å². The highest BCUT2D eigenvalue weighted by Gasteiger charge is 2.46. The number of nitrogens with zero attached hydrogens (tertiary/aromatic N) is 2. The number of aliphatic hydroxyl groups is 1. The van der Waals surface area contributed by atoms with Crippen LogP contribution in [0.25, 0.3) is 0 Å². The molecular formula is C20H26N2O3. The molecule has 2 heterocycles. The van der Waals surface area contributed by atoms with E-state index in [1.807, 2.05) is 23.1 Å². The van der Waals surface area contributed by atoms with Crippen molar-refractivity contribution in [3.05, 3.63) is 34.9 Å². The number of ketones is 1. The number of carbonyl (C=O) groups is 2. The Bertz CT molecular complexity index is 717. The van der Waals surface area contributed by atoms with Gasteiger partial charge < -0.3 is 14.9 Å². The summed E-state index contributed by atoms with van der Waals surface area (Å²) in [5.74, 6) is 0.162. The summed E-state index contributed by atoms with van der Waals surface area (Å²) in [4.78, 5) is 29.3. The summed E-state index contributed by atoms with van der Waals surface area (Å²) in [5, 5.41) is 10.7. The zero-order valence-electron chi connectivity index (χ0n) is 14.8. The summed E-state index contributed by atoms with van der Waals surface area (Å²) < 4.78 is 0. The molecule has 25 heavy (non-hydrogen) atoms. The van der Waals surface area contributed by atoms with E-state index in [1.54, 1.807) is 0 Å². The van der Waals surface area contributed by atoms with Gasteiger partial charge in [-0.3, -0.25) is 9.59 Å². The number of rotatable bonds is 1. The van der Waals surface area contributed by atoms with E-state index in [0.29, 0.717) is 24.9 Å². The maximum Gasteiger partial charge on any atom is 0.254 e. The number of Topliss-reactive ketones (excluding diaryl/α,β-unsaturated/α-hetero) is 1. The van der Waals surface area contributed by atoms with E-state index in [0.717, 1.165) is 50.0 Å². The SMILES string of the molecule is CN1CC[C@H](O)[C@@]2(CCCN(C(=O)c3cccc4c3CCC4=O)C2)C1. The van der Waals surface area contributed by atoms with E-state index in [1.165, 1.54) is 0 Å². The molecular weight excluding hydrogens is 316 g/mol. The van der Waals surface area contributed by atoms with Gasteiger partial charge in [0.15, 0.2) is 5.78 Å². The van der Waals surface area contributed by atoms with Gasteiger partial charge in [-0.2, -0.15) is 0 Å². The summed E-state index contributed by atoms with van der Waals surface area (Å²) in [7, 11) is 2.09. The van der Waals surface area contributed by atoms with Crippen LogP contribution in [0.1, 0.15) is 52.0 Å². The van der Waals surface area contributed by atoms with Crippen LogP contribution in [0, 0.1) is 5.41 Å². The monoisotopic (exact) mass is 342 g/mol. The predicted molar refractivity (Wildman–Crippen MR) is 94.8 cm³/mol. The second kappa shape index (κ2) is 6.22. The summed E-state index contributed by atoms with van der Waals surface area (Å²) in [5.41, 5.74) is 2.10. The molecule has 0 unspecified atom stereocenters. The second-order valence-electron chi connectivity index (χ2n) is 7.99. The largest absolute Gasteiger partial charge is 0.392 e. The number of amides is 1. The summed E-state index contributed by atoms with van der Waals surface area (Å²) in [6, 6.07) is 5.50. The second-order valence-corrected chi connectivity index (χ2v) is 7.99. The Hall–Kier alpha value is -1.72. The fourth-order valence-corrected chi connectivity index (χ4v) is 4.97. The van der Waals surface area contributed by atoms with Crippen LogP contribution in [0.5, 0.6) is 0 Å². The van der Waals surface area contributed by atoms with E-state index >= 15 is 0 Å². The van der Waals surface area contributed by atoms with E-state index in [2.05, 4.69) is 11.9 Å². The van der Waals surface area contributed by atoms with Crippen LogP contribution >= 0.6 is 0 Å². The number of piperidine rings is 2. The van der Waals surface area contributed by atoms with Crippen LogP contribution in [-0.2, 0) is 6.42 Å². The van der Waals surface area contributed by atoms with Gasteiger partial charge in [0.1, 0.15) is 0 Å². The van der Waals surface area contributed by atoms with Crippen molar-refractivity contribution < 1.29 is 14.7 Å². The zero-order chi connectivity index (χ0) is 17.6. The number of benzene rings is 1. The minimum absolute atomic E-state index is 0.0195. The Labute approximate surface area is 148 Å². The number of hydrogen-bond donors (Lipinski definition) is 1. The predicted octanol–water partition coefficient (Wildman–Crippen LogP) is 1.73. The average molecular weight is 342 g/mol. The Balaban J connectivity index is 1.60. The van der Waals surface area contributed by atoms with Crippen molar-refractivity contribution in [3.8, 4) is 0 Å². The number of aliphatic hydroxyl groups excluding tert-OH is 1. The molecule has 2 saturated heterocycles. The highest BCUT2D eigenvalue weighted by molar-refractivity contribution is 6.05. The Morgan fingerprint density at radius 3 is 2.92 bits per heavy atom. The van der Waals surface area contributed by atoms with E-state index in [-0.39, 0.29) is 23.2 Å². The van der Waals surface area contributed by atoms with Gasteiger partial charge in [0.05, 0.1) is 6.10 Å². The van der Waals surface area contributed by atoms with Gasteiger partial charge in [0, 0.05) is 49.1 Å². The third-order valence-electron chi connectivity index (χ3n) is 6.28. The maximum atomic E-state index is 13.2. The van der Waals surface area contributed by atoms with Crippen LogP contribution in [0.4, 0.5) is 0 Å². The first-order valence-electron chi connectivity index (χ1n) is 9.31. The molecule has 2 fully saturated rings. The molecule has 5 nitrogen and oxygen atoms in total. The summed E-state index contributed by atoms with van der Waals surface area (Å²) in [6.07, 6.45) is 3.49. The normalized spacial score (nSPS) is 29.9. The Morgan fingerprint density at radius 2 is 2.08 bits per heavy atom. The Morgan fingerprint density at radius 1 is 1.24 bits per heavy atom. The van der Waals surface area contributed by atoms with E-state index in [9.17, 15) is 14.7 Å². The van der Waals surface area contributed by atoms with Gasteiger partial charge >= 0.3 is 0 Å². The van der Waals surface area contributed by atoms with Gasteiger partial charge in [0.2, 0.25) is 0 Å². The van der Waals surface area contributed by atoms with Crippen molar-refractivity contribution in [2.75, 3.05) is 33.2 Å². The lowest BCUT2D eigenvalue weighted by molar-refractivity contribution is -0.0731. The molecule has 1 spiro atoms. The fourth-order valence-electron chi connectivity index (χ4n) is 4.97. The molecule has 4 rings (SSSR count). The molecule has 3 aliphatic rings. The fraction of sp³-hybridized carbons (Fsp3) is 0.600. The van der Waals surface area contributed by atoms with Gasteiger partial charge in [-0.1, -0.05) is 12.1 Å². The molecule has 1 aromatic carbocycles. The Kier molecular flexibility index (Phi) is 4.16. The van der Waals surface area contributed by atoms with Gasteiger partial charge in [0.25, 0.3) is 5.91 Å². The molecule has 1 amide bonds. The minimum Gasteiger partial charge on any atom is -0.392 e. The molecule has 0 aromatic heterocycles. The van der Waals surface area contributed by atoms with E-state index in [4.69, 9.17) is 0 Å². The van der Waals surface area contributed by atoms with Crippen LogP contribution in [-0.4, -0.2) is 65.9 Å². The first-order valence-corrected chi connectivity index (χ1v) is 9.31. The third-order valence-corrected chi connectivity index (χ3v) is 6.28. The smallest absolute Gasteiger partial charge is 0.254 e. The molecule has 5 heteroatoms. The molecule has 2 atom stereocenters. The van der Waals surface area contributed by atoms with Crippen LogP contribution in [0.2, 0.25) is 0 Å². The quantitative estimate of drug-likeness (QED) is 0.844. The summed E-state index contributed by atoms with van der Waals surface area (Å²) in [6.45, 7) is 3.08. The molecule has 134 valence electrons. The van der Waals surface area contributed by atoms with Crippen molar-refractivity contribution in [1.82, 2.24) is 9.80 Å². The van der Waals surface area contributed by atoms with Gasteiger partial charge in [-0.15, -0.1) is 0 Å². The molecule has 0 bridgehead atoms. The number of fused-ring (bicyclic) bond motifs is 1. The van der Waals surface area contributed by atoms with Crippen LogP contribution < -0.4 is 0 Å². The first-order chi connectivity index (χ1) is 12.0. The van der Waals surface area contributed by atoms with Crippen molar-refractivity contribution >= 4 is 11.7 Å². The van der Waals surface area contributed by atoms with Crippen molar-refractivity contribution in [3.63, 3.8) is 0 Å². The zero-order valence-corrected chi connectivity index (χ0v) is 14.8. The lowest BCUT2D eigenvalue weighted by Crippen LogP contribution is -2.59. The van der Waals surface area contributed by atoms with Crippen molar-refractivity contribution in [2.45, 2.75) is 38.2 Å². The number of likely N-dealkylation sites (tertiary alicyclic amines) is 2. The lowest BCUT2D eigenvalue weighted by atomic mass is 9.71. The highest BCUT2D eigenvalue weighted by atomic mass is 16.3. The van der Waals surface area contributed by atoms with E-state index < -0.39 is 0 Å². The molecule has 1 aromatic rings. The van der Waals surface area contributed by atoms with Gasteiger partial charge in [-0.05, 0) is 44.4 Å². The summed E-state index contributed by atoms with van der Waals surface area (Å²) >= 11 is 0. The first kappa shape index (κ1) is 16.7. The highest BCUT2D eigenvalue weighted by Crippen LogP contribution is 2.39. The average Bonchev–Trinajstić information content (AvgIpc) is 2.99. The molecule has 1 N–H and O–H groups in total. The van der Waals surface area contributed by atoms with Crippen molar-refractivity contribution in [2.24, 2.45) is 5.41 Å². The number of carbonyl (C=O) groups excluding carboxylic acids is 2. The lowest BCUT2D eigenvalue weighted by Gasteiger charge is -2.50. The molecule has 1 aliphatic carbocycles. The standard InChI is InChI=1S/C20H26N2O3/c1-21-11-8-18(24)20(12-21)9-3-10-22(13-20)19(25)16-5-2-4-15-14(16)6-7-17(15)23/h2,4-5,18,24H,3,6-13H2,1H3/t18-,20-/m0/s1. The van der Waals surface area contributed by atoms with Crippen molar-refractivity contribution in [1.29, 1.82) is 0 Å². The van der Waals surface area contributed by atoms with Gasteiger partial charge in [-0.25, -0.2) is 0 Å². The maximum absolute atomic E-state index is 13.2. The molecule has 0 saturated carbocycles. The molecule has 2 aliphatic heterocycles.